The minimum absolute atomic E-state index is 0.0914. The van der Waals surface area contributed by atoms with Crippen LogP contribution in [0.3, 0.4) is 0 Å². The van der Waals surface area contributed by atoms with Crippen molar-refractivity contribution in [2.24, 2.45) is 0 Å². The van der Waals surface area contributed by atoms with Crippen LogP contribution in [0.15, 0.2) is 36.4 Å². The Morgan fingerprint density at radius 2 is 1.67 bits per heavy atom. The maximum atomic E-state index is 13.3. The van der Waals surface area contributed by atoms with Crippen LogP contribution in [-0.2, 0) is 6.61 Å². The van der Waals surface area contributed by atoms with Gasteiger partial charge in [-0.15, -0.1) is 0 Å². The highest BCUT2D eigenvalue weighted by Crippen LogP contribution is 2.33. The average Bonchev–Trinajstić information content (AvgIpc) is 2.97. The number of benzene rings is 1. The van der Waals surface area contributed by atoms with Crippen LogP contribution in [0.1, 0.15) is 56.4 Å². The summed E-state index contributed by atoms with van der Waals surface area (Å²) in [4.78, 5) is 0. The second-order valence-electron chi connectivity index (χ2n) is 6.77. The lowest BCUT2D eigenvalue weighted by atomic mass is 9.94. The third-order valence-corrected chi connectivity index (χ3v) is 4.42. The summed E-state index contributed by atoms with van der Waals surface area (Å²) in [5.74, 6) is 0.297. The Morgan fingerprint density at radius 3 is 2.21 bits per heavy atom. The molecule has 3 nitrogen and oxygen atoms in total. The van der Waals surface area contributed by atoms with Crippen LogP contribution < -0.4 is 0 Å². The van der Waals surface area contributed by atoms with E-state index in [2.05, 4.69) is 39.8 Å². The van der Waals surface area contributed by atoms with Crippen LogP contribution in [0.2, 0.25) is 0 Å². The fourth-order valence-corrected chi connectivity index (χ4v) is 3.28. The van der Waals surface area contributed by atoms with Crippen LogP contribution in [0.4, 0.5) is 4.39 Å². The van der Waals surface area contributed by atoms with Crippen molar-refractivity contribution in [1.82, 2.24) is 9.61 Å². The van der Waals surface area contributed by atoms with Gasteiger partial charge in [0.1, 0.15) is 5.82 Å². The Hall–Kier alpha value is -2.20. The van der Waals surface area contributed by atoms with Crippen LogP contribution in [0, 0.1) is 5.82 Å². The van der Waals surface area contributed by atoms with E-state index in [1.807, 2.05) is 4.52 Å². The van der Waals surface area contributed by atoms with E-state index in [4.69, 9.17) is 5.10 Å². The first kappa shape index (κ1) is 16.7. The van der Waals surface area contributed by atoms with Gasteiger partial charge in [-0.2, -0.15) is 5.10 Å². The second-order valence-corrected chi connectivity index (χ2v) is 6.77. The molecule has 0 radical (unpaired) electrons. The van der Waals surface area contributed by atoms with Gasteiger partial charge in [-0.1, -0.05) is 27.7 Å². The van der Waals surface area contributed by atoms with Gasteiger partial charge in [-0.3, -0.25) is 0 Å². The SMILES string of the molecule is CC(C)c1c(CO)c(-c2ccc(F)cc2)nn2c(C(C)C)ccc12. The number of fused-ring (bicyclic) bond motifs is 1. The highest BCUT2D eigenvalue weighted by molar-refractivity contribution is 5.71. The van der Waals surface area contributed by atoms with Crippen molar-refractivity contribution in [1.29, 1.82) is 0 Å². The number of aliphatic hydroxyl groups is 1. The number of hydrogen-bond acceptors (Lipinski definition) is 2. The molecule has 0 unspecified atom stereocenters. The predicted octanol–water partition coefficient (Wildman–Crippen LogP) is 4.88. The quantitative estimate of drug-likeness (QED) is 0.742. The third-order valence-electron chi connectivity index (χ3n) is 4.42. The summed E-state index contributed by atoms with van der Waals surface area (Å²) in [6.45, 7) is 8.41. The smallest absolute Gasteiger partial charge is 0.123 e. The zero-order valence-corrected chi connectivity index (χ0v) is 14.5. The van der Waals surface area contributed by atoms with Gasteiger partial charge in [-0.25, -0.2) is 8.91 Å². The zero-order valence-electron chi connectivity index (χ0n) is 14.5. The summed E-state index contributed by atoms with van der Waals surface area (Å²) < 4.78 is 15.3. The van der Waals surface area contributed by atoms with E-state index in [9.17, 15) is 9.50 Å². The number of rotatable bonds is 4. The average molecular weight is 326 g/mol. The van der Waals surface area contributed by atoms with Crippen molar-refractivity contribution in [3.05, 3.63) is 59.0 Å². The minimum Gasteiger partial charge on any atom is -0.392 e. The van der Waals surface area contributed by atoms with Crippen molar-refractivity contribution < 1.29 is 9.50 Å². The van der Waals surface area contributed by atoms with Crippen molar-refractivity contribution in [3.8, 4) is 11.3 Å². The molecule has 0 spiro atoms. The molecule has 0 aliphatic carbocycles. The molecular formula is C20H23FN2O. The first-order valence-corrected chi connectivity index (χ1v) is 8.35. The van der Waals surface area contributed by atoms with Crippen molar-refractivity contribution in [2.45, 2.75) is 46.1 Å². The summed E-state index contributed by atoms with van der Waals surface area (Å²) in [5, 5.41) is 14.8. The molecule has 126 valence electrons. The maximum Gasteiger partial charge on any atom is 0.123 e. The standard InChI is InChI=1S/C20H23FN2O/c1-12(2)17-9-10-18-19(13(3)4)16(11-24)20(22-23(17)18)14-5-7-15(21)8-6-14/h5-10,12-13,24H,11H2,1-4H3. The number of hydrogen-bond donors (Lipinski definition) is 1. The lowest BCUT2D eigenvalue weighted by molar-refractivity contribution is 0.280. The molecule has 0 aliphatic rings. The fourth-order valence-electron chi connectivity index (χ4n) is 3.28. The zero-order chi connectivity index (χ0) is 17.4. The Labute approximate surface area is 141 Å². The Morgan fingerprint density at radius 1 is 1.00 bits per heavy atom. The first-order chi connectivity index (χ1) is 11.4. The van der Waals surface area contributed by atoms with Crippen LogP contribution in [-0.4, -0.2) is 14.7 Å². The third kappa shape index (κ3) is 2.71. The highest BCUT2D eigenvalue weighted by atomic mass is 19.1. The topological polar surface area (TPSA) is 37.5 Å². The Kier molecular flexibility index (Phi) is 4.41. The van der Waals surface area contributed by atoms with Gasteiger partial charge in [-0.05, 0) is 53.8 Å². The molecule has 4 heteroatoms. The fraction of sp³-hybridized carbons (Fsp3) is 0.350. The molecule has 0 amide bonds. The molecule has 1 aromatic carbocycles. The van der Waals surface area contributed by atoms with E-state index in [1.165, 1.54) is 12.1 Å². The predicted molar refractivity (Wildman–Crippen MR) is 94.7 cm³/mol. The van der Waals surface area contributed by atoms with Gasteiger partial charge in [0.2, 0.25) is 0 Å². The van der Waals surface area contributed by atoms with E-state index in [1.54, 1.807) is 12.1 Å². The van der Waals surface area contributed by atoms with E-state index in [0.29, 0.717) is 11.6 Å². The number of aromatic nitrogens is 2. The maximum absolute atomic E-state index is 13.3. The number of halogens is 1. The van der Waals surface area contributed by atoms with Crippen LogP contribution in [0.5, 0.6) is 0 Å². The molecule has 0 saturated heterocycles. The van der Waals surface area contributed by atoms with E-state index < -0.39 is 0 Å². The number of nitrogens with zero attached hydrogens (tertiary/aromatic N) is 2. The normalized spacial score (nSPS) is 11.8. The molecule has 1 N–H and O–H groups in total. The lowest BCUT2D eigenvalue weighted by Gasteiger charge is -2.19. The van der Waals surface area contributed by atoms with Gasteiger partial charge in [0.25, 0.3) is 0 Å². The lowest BCUT2D eigenvalue weighted by Crippen LogP contribution is -2.09. The molecule has 24 heavy (non-hydrogen) atoms. The summed E-state index contributed by atoms with van der Waals surface area (Å²) in [6.07, 6.45) is 0. The van der Waals surface area contributed by atoms with E-state index >= 15 is 0 Å². The summed E-state index contributed by atoms with van der Waals surface area (Å²) >= 11 is 0. The molecule has 3 aromatic rings. The van der Waals surface area contributed by atoms with Gasteiger partial charge in [0.05, 0.1) is 17.8 Å². The monoisotopic (exact) mass is 326 g/mol. The molecular weight excluding hydrogens is 303 g/mol. The van der Waals surface area contributed by atoms with E-state index in [-0.39, 0.29) is 18.3 Å². The molecule has 3 rings (SSSR count). The van der Waals surface area contributed by atoms with Gasteiger partial charge >= 0.3 is 0 Å². The Bertz CT molecular complexity index is 863. The molecule has 0 aliphatic heterocycles. The Balaban J connectivity index is 2.38. The van der Waals surface area contributed by atoms with Crippen molar-refractivity contribution in [2.75, 3.05) is 0 Å². The molecule has 0 atom stereocenters. The molecule has 2 aromatic heterocycles. The van der Waals surface area contributed by atoms with Crippen molar-refractivity contribution >= 4 is 5.52 Å². The molecule has 2 heterocycles. The largest absolute Gasteiger partial charge is 0.392 e. The van der Waals surface area contributed by atoms with Gasteiger partial charge < -0.3 is 5.11 Å². The number of aliphatic hydroxyl groups excluding tert-OH is 1. The van der Waals surface area contributed by atoms with Gasteiger partial charge in [0, 0.05) is 16.8 Å². The van der Waals surface area contributed by atoms with Gasteiger partial charge in [0.15, 0.2) is 0 Å². The molecule has 0 fully saturated rings. The van der Waals surface area contributed by atoms with Crippen LogP contribution >= 0.6 is 0 Å². The van der Waals surface area contributed by atoms with E-state index in [0.717, 1.165) is 27.9 Å². The molecule has 0 bridgehead atoms. The highest BCUT2D eigenvalue weighted by Gasteiger charge is 2.20. The first-order valence-electron chi connectivity index (χ1n) is 8.35. The van der Waals surface area contributed by atoms with Crippen LogP contribution in [0.25, 0.3) is 16.8 Å². The second kappa shape index (κ2) is 6.36. The van der Waals surface area contributed by atoms with Crippen molar-refractivity contribution in [3.63, 3.8) is 0 Å². The summed E-state index contributed by atoms with van der Waals surface area (Å²) in [5.41, 5.74) is 5.60. The molecule has 0 saturated carbocycles. The minimum atomic E-state index is -0.279. The summed E-state index contributed by atoms with van der Waals surface area (Å²) in [7, 11) is 0. The summed E-state index contributed by atoms with van der Waals surface area (Å²) in [6, 6.07) is 10.4.